The number of carbonyl (C=O) groups is 2. The number of esters is 1. The first-order valence-corrected chi connectivity index (χ1v) is 9.54. The minimum absolute atomic E-state index is 0.0919. The van der Waals surface area contributed by atoms with Gasteiger partial charge in [0.05, 0.1) is 4.90 Å². The fourth-order valence-electron chi connectivity index (χ4n) is 3.18. The predicted octanol–water partition coefficient (Wildman–Crippen LogP) is 2.75. The summed E-state index contributed by atoms with van der Waals surface area (Å²) in [5, 5.41) is 0. The molecule has 0 atom stereocenters. The number of ether oxygens (including phenoxy) is 1. The highest BCUT2D eigenvalue weighted by Gasteiger charge is 2.34. The summed E-state index contributed by atoms with van der Waals surface area (Å²) in [4.78, 5) is 23.0. The van der Waals surface area contributed by atoms with E-state index in [0.29, 0.717) is 34.1 Å². The van der Waals surface area contributed by atoms with Crippen LogP contribution in [0.1, 0.15) is 39.5 Å². The Morgan fingerprint density at radius 1 is 1.19 bits per heavy atom. The maximum atomic E-state index is 13.0. The highest BCUT2D eigenvalue weighted by Crippen LogP contribution is 2.38. The summed E-state index contributed by atoms with van der Waals surface area (Å²) in [6, 6.07) is 8.45. The summed E-state index contributed by atoms with van der Waals surface area (Å²) < 4.78 is 32.7. The number of benzene rings is 2. The molecule has 2 aromatic rings. The van der Waals surface area contributed by atoms with E-state index in [2.05, 4.69) is 0 Å². The second-order valence-corrected chi connectivity index (χ2v) is 8.21. The SMILES string of the molecule is CC(=O)Oc1c(C)c(C=O)cc2c1CN(S(=O)(=O)c1ccccc1C)C2. The van der Waals surface area contributed by atoms with Crippen molar-refractivity contribution in [3.05, 3.63) is 58.1 Å². The van der Waals surface area contributed by atoms with E-state index in [-0.39, 0.29) is 23.7 Å². The molecule has 0 aliphatic carbocycles. The number of rotatable bonds is 4. The summed E-state index contributed by atoms with van der Waals surface area (Å²) in [5.74, 6) is -0.238. The third-order valence-electron chi connectivity index (χ3n) is 4.53. The van der Waals surface area contributed by atoms with Gasteiger partial charge in [-0.15, -0.1) is 0 Å². The Kier molecular flexibility index (Phi) is 4.68. The fourth-order valence-corrected chi connectivity index (χ4v) is 4.79. The van der Waals surface area contributed by atoms with Crippen molar-refractivity contribution < 1.29 is 22.7 Å². The number of carbonyl (C=O) groups excluding carboxylic acids is 2. The number of aldehydes is 1. The molecule has 7 heteroatoms. The highest BCUT2D eigenvalue weighted by molar-refractivity contribution is 7.89. The van der Waals surface area contributed by atoms with Gasteiger partial charge in [0, 0.05) is 36.7 Å². The van der Waals surface area contributed by atoms with Crippen molar-refractivity contribution in [2.45, 2.75) is 38.8 Å². The first kappa shape index (κ1) is 18.3. The molecule has 0 fully saturated rings. The molecule has 0 N–H and O–H groups in total. The lowest BCUT2D eigenvalue weighted by atomic mass is 10.00. The number of fused-ring (bicyclic) bond motifs is 1. The van der Waals surface area contributed by atoms with Gasteiger partial charge in [0.1, 0.15) is 12.0 Å². The molecule has 0 unspecified atom stereocenters. The van der Waals surface area contributed by atoms with E-state index >= 15 is 0 Å². The number of nitrogens with zero attached hydrogens (tertiary/aromatic N) is 1. The van der Waals surface area contributed by atoms with Crippen LogP contribution in [0.5, 0.6) is 5.75 Å². The van der Waals surface area contributed by atoms with E-state index in [4.69, 9.17) is 4.74 Å². The lowest BCUT2D eigenvalue weighted by molar-refractivity contribution is -0.132. The highest BCUT2D eigenvalue weighted by atomic mass is 32.2. The number of hydrogen-bond donors (Lipinski definition) is 0. The Labute approximate surface area is 152 Å². The van der Waals surface area contributed by atoms with E-state index < -0.39 is 16.0 Å². The molecule has 2 aromatic carbocycles. The van der Waals surface area contributed by atoms with E-state index in [1.165, 1.54) is 11.2 Å². The largest absolute Gasteiger partial charge is 0.426 e. The van der Waals surface area contributed by atoms with Crippen LogP contribution < -0.4 is 4.74 Å². The lowest BCUT2D eigenvalue weighted by Gasteiger charge is -2.17. The number of sulfonamides is 1. The molecule has 0 aromatic heterocycles. The average Bonchev–Trinajstić information content (AvgIpc) is 3.02. The van der Waals surface area contributed by atoms with Gasteiger partial charge >= 0.3 is 5.97 Å². The number of hydrogen-bond acceptors (Lipinski definition) is 5. The van der Waals surface area contributed by atoms with Crippen LogP contribution in [0, 0.1) is 13.8 Å². The Hall–Kier alpha value is -2.51. The maximum absolute atomic E-state index is 13.0. The lowest BCUT2D eigenvalue weighted by Crippen LogP contribution is -2.26. The Balaban J connectivity index is 2.07. The van der Waals surface area contributed by atoms with E-state index in [1.807, 2.05) is 0 Å². The fraction of sp³-hybridized carbons (Fsp3) is 0.263. The molecule has 0 saturated heterocycles. The summed E-state index contributed by atoms with van der Waals surface area (Å²) in [6.45, 7) is 4.92. The van der Waals surface area contributed by atoms with Gasteiger partial charge in [-0.2, -0.15) is 4.31 Å². The van der Waals surface area contributed by atoms with Crippen LogP contribution >= 0.6 is 0 Å². The Morgan fingerprint density at radius 2 is 1.88 bits per heavy atom. The molecule has 1 heterocycles. The monoisotopic (exact) mass is 373 g/mol. The summed E-state index contributed by atoms with van der Waals surface area (Å²) in [7, 11) is -3.71. The molecule has 1 aliphatic heterocycles. The minimum atomic E-state index is -3.71. The van der Waals surface area contributed by atoms with Gasteiger partial charge in [-0.1, -0.05) is 18.2 Å². The van der Waals surface area contributed by atoms with E-state index in [1.54, 1.807) is 44.2 Å². The minimum Gasteiger partial charge on any atom is -0.426 e. The van der Waals surface area contributed by atoms with Crippen LogP contribution in [0.25, 0.3) is 0 Å². The number of aryl methyl sites for hydroxylation is 1. The zero-order valence-electron chi connectivity index (χ0n) is 14.8. The van der Waals surface area contributed by atoms with Crippen molar-refractivity contribution in [1.82, 2.24) is 4.31 Å². The summed E-state index contributed by atoms with van der Waals surface area (Å²) in [5.41, 5.74) is 2.87. The summed E-state index contributed by atoms with van der Waals surface area (Å²) >= 11 is 0. The van der Waals surface area contributed by atoms with Crippen LogP contribution in [0.2, 0.25) is 0 Å². The van der Waals surface area contributed by atoms with Crippen molar-refractivity contribution in [3.63, 3.8) is 0 Å². The Morgan fingerprint density at radius 3 is 2.50 bits per heavy atom. The van der Waals surface area contributed by atoms with Gasteiger partial charge in [0.15, 0.2) is 0 Å². The average molecular weight is 373 g/mol. The van der Waals surface area contributed by atoms with Crippen LogP contribution in [-0.4, -0.2) is 25.0 Å². The van der Waals surface area contributed by atoms with Gasteiger partial charge in [0.2, 0.25) is 10.0 Å². The molecule has 136 valence electrons. The van der Waals surface area contributed by atoms with Crippen LogP contribution in [-0.2, 0) is 27.9 Å². The molecular weight excluding hydrogens is 354 g/mol. The second kappa shape index (κ2) is 6.66. The first-order chi connectivity index (χ1) is 12.3. The quantitative estimate of drug-likeness (QED) is 0.468. The third-order valence-corrected chi connectivity index (χ3v) is 6.48. The maximum Gasteiger partial charge on any atom is 0.308 e. The Bertz CT molecular complexity index is 1010. The van der Waals surface area contributed by atoms with E-state index in [0.717, 1.165) is 0 Å². The van der Waals surface area contributed by atoms with Gasteiger partial charge in [-0.3, -0.25) is 9.59 Å². The molecule has 0 saturated carbocycles. The van der Waals surface area contributed by atoms with Crippen LogP contribution in [0.15, 0.2) is 35.2 Å². The van der Waals surface area contributed by atoms with Crippen molar-refractivity contribution in [3.8, 4) is 5.75 Å². The molecule has 6 nitrogen and oxygen atoms in total. The van der Waals surface area contributed by atoms with Gasteiger partial charge in [0.25, 0.3) is 0 Å². The van der Waals surface area contributed by atoms with Crippen molar-refractivity contribution in [2.75, 3.05) is 0 Å². The van der Waals surface area contributed by atoms with Crippen LogP contribution in [0.4, 0.5) is 0 Å². The summed E-state index contributed by atoms with van der Waals surface area (Å²) in [6.07, 6.45) is 0.682. The predicted molar refractivity (Wildman–Crippen MR) is 95.5 cm³/mol. The van der Waals surface area contributed by atoms with Crippen molar-refractivity contribution >= 4 is 22.3 Å². The molecule has 0 spiro atoms. The van der Waals surface area contributed by atoms with Gasteiger partial charge in [-0.05, 0) is 37.1 Å². The molecule has 26 heavy (non-hydrogen) atoms. The molecule has 0 bridgehead atoms. The van der Waals surface area contributed by atoms with Crippen LogP contribution in [0.3, 0.4) is 0 Å². The standard InChI is InChI=1S/C19H19NO5S/c1-12-6-4-5-7-18(12)26(23,24)20-9-15-8-16(11-21)13(2)19(17(15)10-20)25-14(3)22/h4-8,11H,9-10H2,1-3H3. The molecule has 3 rings (SSSR count). The van der Waals surface area contributed by atoms with Gasteiger partial charge in [-0.25, -0.2) is 8.42 Å². The third kappa shape index (κ3) is 3.04. The topological polar surface area (TPSA) is 80.8 Å². The molecule has 0 amide bonds. The van der Waals surface area contributed by atoms with Crippen molar-refractivity contribution in [2.24, 2.45) is 0 Å². The van der Waals surface area contributed by atoms with E-state index in [9.17, 15) is 18.0 Å². The molecular formula is C19H19NO5S. The van der Waals surface area contributed by atoms with Crippen molar-refractivity contribution in [1.29, 1.82) is 0 Å². The zero-order chi connectivity index (χ0) is 19.1. The normalized spacial score (nSPS) is 14.1. The molecule has 0 radical (unpaired) electrons. The van der Waals surface area contributed by atoms with Gasteiger partial charge < -0.3 is 4.74 Å². The molecule has 1 aliphatic rings. The smallest absolute Gasteiger partial charge is 0.308 e. The second-order valence-electron chi connectivity index (χ2n) is 6.31. The zero-order valence-corrected chi connectivity index (χ0v) is 15.6. The first-order valence-electron chi connectivity index (χ1n) is 8.10.